The molecular weight excluding hydrogens is 358 g/mol. The van der Waals surface area contributed by atoms with E-state index in [1.54, 1.807) is 24.3 Å². The number of phenols is 1. The fourth-order valence-electron chi connectivity index (χ4n) is 2.97. The van der Waals surface area contributed by atoms with Crippen LogP contribution in [0, 0.1) is 0 Å². The van der Waals surface area contributed by atoms with Crippen molar-refractivity contribution in [3.8, 4) is 5.75 Å². The normalized spacial score (nSPS) is 13.1. The van der Waals surface area contributed by atoms with Crippen molar-refractivity contribution in [1.82, 2.24) is 5.32 Å². The molecule has 28 heavy (non-hydrogen) atoms. The number of aromatic hydroxyl groups is 1. The number of aliphatic hydroxyl groups is 2. The number of hydrogen-bond donors (Lipinski definition) is 4. The molecule has 0 spiro atoms. The van der Waals surface area contributed by atoms with Crippen molar-refractivity contribution in [2.75, 3.05) is 6.54 Å². The Morgan fingerprint density at radius 3 is 2.46 bits per heavy atom. The number of aliphatic hydroxyl groups excluding tert-OH is 2. The predicted molar refractivity (Wildman–Crippen MR) is 106 cm³/mol. The quantitative estimate of drug-likeness (QED) is 0.503. The van der Waals surface area contributed by atoms with E-state index < -0.39 is 18.3 Å². The zero-order chi connectivity index (χ0) is 19.9. The van der Waals surface area contributed by atoms with Gasteiger partial charge in [0, 0.05) is 17.5 Å². The van der Waals surface area contributed by atoms with Crippen molar-refractivity contribution < 1.29 is 24.9 Å². The summed E-state index contributed by atoms with van der Waals surface area (Å²) in [5, 5.41) is 35.0. The van der Waals surface area contributed by atoms with E-state index in [4.69, 9.17) is 4.74 Å². The van der Waals surface area contributed by atoms with E-state index in [1.807, 2.05) is 42.5 Å². The average molecular weight is 381 g/mol. The molecular formula is C22H23NO5. The summed E-state index contributed by atoms with van der Waals surface area (Å²) >= 11 is 0. The van der Waals surface area contributed by atoms with E-state index in [0.29, 0.717) is 5.39 Å². The van der Waals surface area contributed by atoms with Crippen LogP contribution in [0.2, 0.25) is 0 Å². The maximum Gasteiger partial charge on any atom is 0.407 e. The second-order valence-electron chi connectivity index (χ2n) is 6.51. The number of benzene rings is 3. The molecule has 0 saturated carbocycles. The van der Waals surface area contributed by atoms with E-state index >= 15 is 0 Å². The molecule has 6 nitrogen and oxygen atoms in total. The van der Waals surface area contributed by atoms with Gasteiger partial charge in [0.25, 0.3) is 0 Å². The predicted octanol–water partition coefficient (Wildman–Crippen LogP) is 3.26. The second-order valence-corrected chi connectivity index (χ2v) is 6.51. The molecule has 0 aliphatic carbocycles. The summed E-state index contributed by atoms with van der Waals surface area (Å²) in [6.07, 6.45) is -2.92. The van der Waals surface area contributed by atoms with E-state index in [1.165, 1.54) is 0 Å². The molecule has 146 valence electrons. The van der Waals surface area contributed by atoms with Crippen molar-refractivity contribution >= 4 is 16.9 Å². The van der Waals surface area contributed by atoms with E-state index in [2.05, 4.69) is 5.32 Å². The number of fused-ring (bicyclic) bond motifs is 1. The highest BCUT2D eigenvalue weighted by molar-refractivity contribution is 5.89. The summed E-state index contributed by atoms with van der Waals surface area (Å²) in [6.45, 7) is 0.281. The fourth-order valence-corrected chi connectivity index (χ4v) is 2.97. The lowest BCUT2D eigenvalue weighted by molar-refractivity contribution is 0.0125. The molecule has 4 N–H and O–H groups in total. The largest absolute Gasteiger partial charge is 0.507 e. The van der Waals surface area contributed by atoms with E-state index in [0.717, 1.165) is 10.9 Å². The lowest BCUT2D eigenvalue weighted by atomic mass is 9.97. The first kappa shape index (κ1) is 19.7. The van der Waals surface area contributed by atoms with Gasteiger partial charge in [-0.25, -0.2) is 4.79 Å². The van der Waals surface area contributed by atoms with Gasteiger partial charge in [-0.3, -0.25) is 0 Å². The minimum absolute atomic E-state index is 0.0557. The first-order valence-corrected chi connectivity index (χ1v) is 9.07. The summed E-state index contributed by atoms with van der Waals surface area (Å²) in [5.41, 5.74) is 1.12. The highest BCUT2D eigenvalue weighted by Gasteiger charge is 2.22. The standard InChI is InChI=1S/C22H23NO5/c24-19(12-13-23-22(27)28-14-15-6-2-1-3-7-15)21(26)18-11-10-16-8-4-5-9-17(16)20(18)25/h1-11,19,21,24-26H,12-14H2,(H,23,27). The van der Waals surface area contributed by atoms with Gasteiger partial charge in [0.15, 0.2) is 0 Å². The number of carbonyl (C=O) groups excluding carboxylic acids is 1. The Hall–Kier alpha value is -3.09. The molecule has 1 amide bonds. The number of carbonyl (C=O) groups is 1. The third-order valence-corrected chi connectivity index (χ3v) is 4.54. The van der Waals surface area contributed by atoms with Crippen molar-refractivity contribution in [3.63, 3.8) is 0 Å². The molecule has 0 aromatic heterocycles. The zero-order valence-corrected chi connectivity index (χ0v) is 15.3. The monoisotopic (exact) mass is 381 g/mol. The van der Waals surface area contributed by atoms with E-state index in [-0.39, 0.29) is 30.9 Å². The van der Waals surface area contributed by atoms with Crippen LogP contribution >= 0.6 is 0 Å². The number of rotatable bonds is 7. The fraction of sp³-hybridized carbons (Fsp3) is 0.227. The first-order valence-electron chi connectivity index (χ1n) is 9.07. The van der Waals surface area contributed by atoms with Gasteiger partial charge < -0.3 is 25.4 Å². The summed E-state index contributed by atoms with van der Waals surface area (Å²) < 4.78 is 5.09. The van der Waals surface area contributed by atoms with E-state index in [9.17, 15) is 20.1 Å². The molecule has 0 heterocycles. The molecule has 0 saturated heterocycles. The minimum Gasteiger partial charge on any atom is -0.507 e. The lowest BCUT2D eigenvalue weighted by Gasteiger charge is -2.20. The molecule has 3 aromatic carbocycles. The van der Waals surface area contributed by atoms with Crippen molar-refractivity contribution in [1.29, 1.82) is 0 Å². The SMILES string of the molecule is O=C(NCCC(O)C(O)c1ccc2ccccc2c1O)OCc1ccccc1. The van der Waals surface area contributed by atoms with Gasteiger partial charge >= 0.3 is 6.09 Å². The third-order valence-electron chi connectivity index (χ3n) is 4.54. The number of nitrogens with one attached hydrogen (secondary N) is 1. The lowest BCUT2D eigenvalue weighted by Crippen LogP contribution is -2.29. The van der Waals surface area contributed by atoms with Gasteiger partial charge in [-0.15, -0.1) is 0 Å². The smallest absolute Gasteiger partial charge is 0.407 e. The second kappa shape index (κ2) is 9.21. The number of phenolic OH excluding ortho intramolecular Hbond substituents is 1. The molecule has 0 radical (unpaired) electrons. The molecule has 3 aromatic rings. The molecule has 0 fully saturated rings. The van der Waals surface area contributed by atoms with Crippen molar-refractivity contribution in [2.45, 2.75) is 25.2 Å². The highest BCUT2D eigenvalue weighted by atomic mass is 16.5. The van der Waals surface area contributed by atoms with Crippen LogP contribution in [0.3, 0.4) is 0 Å². The summed E-state index contributed by atoms with van der Waals surface area (Å²) in [5.74, 6) is -0.0557. The van der Waals surface area contributed by atoms with Gasteiger partial charge in [-0.2, -0.15) is 0 Å². The molecule has 0 bridgehead atoms. The van der Waals surface area contributed by atoms with Crippen LogP contribution in [0.1, 0.15) is 23.7 Å². The Morgan fingerprint density at radius 1 is 0.964 bits per heavy atom. The van der Waals surface area contributed by atoms with Crippen molar-refractivity contribution in [2.24, 2.45) is 0 Å². The maximum atomic E-state index is 11.7. The Bertz CT molecular complexity index is 929. The zero-order valence-electron chi connectivity index (χ0n) is 15.3. The highest BCUT2D eigenvalue weighted by Crippen LogP contribution is 2.34. The van der Waals surface area contributed by atoms with Crippen molar-refractivity contribution in [3.05, 3.63) is 77.9 Å². The Morgan fingerprint density at radius 2 is 1.68 bits per heavy atom. The number of ether oxygens (including phenoxy) is 1. The molecule has 2 unspecified atom stereocenters. The van der Waals surface area contributed by atoms with Crippen LogP contribution < -0.4 is 5.32 Å². The molecule has 3 rings (SSSR count). The van der Waals surface area contributed by atoms with Crippen LogP contribution in [0.5, 0.6) is 5.75 Å². The molecule has 6 heteroatoms. The molecule has 2 atom stereocenters. The number of amides is 1. The number of hydrogen-bond acceptors (Lipinski definition) is 5. The Balaban J connectivity index is 1.50. The maximum absolute atomic E-state index is 11.7. The third kappa shape index (κ3) is 4.79. The Labute approximate surface area is 163 Å². The van der Waals surface area contributed by atoms with Gasteiger partial charge in [-0.1, -0.05) is 66.7 Å². The van der Waals surface area contributed by atoms with Gasteiger partial charge in [-0.05, 0) is 17.4 Å². The first-order chi connectivity index (χ1) is 13.6. The van der Waals surface area contributed by atoms with Crippen LogP contribution in [-0.4, -0.2) is 34.1 Å². The molecule has 0 aliphatic heterocycles. The van der Waals surface area contributed by atoms with Crippen LogP contribution in [0.4, 0.5) is 4.79 Å². The summed E-state index contributed by atoms with van der Waals surface area (Å²) in [6, 6.07) is 19.9. The van der Waals surface area contributed by atoms with Crippen LogP contribution in [0.15, 0.2) is 66.7 Å². The number of alkyl carbamates (subject to hydrolysis) is 1. The van der Waals surface area contributed by atoms with Gasteiger partial charge in [0.05, 0.1) is 6.10 Å². The van der Waals surface area contributed by atoms with Gasteiger partial charge in [0.2, 0.25) is 0 Å². The van der Waals surface area contributed by atoms with Gasteiger partial charge in [0.1, 0.15) is 18.5 Å². The minimum atomic E-state index is -1.27. The molecule has 0 aliphatic rings. The van der Waals surface area contributed by atoms with Crippen LogP contribution in [0.25, 0.3) is 10.8 Å². The topological polar surface area (TPSA) is 99.0 Å². The average Bonchev–Trinajstić information content (AvgIpc) is 2.73. The Kier molecular flexibility index (Phi) is 6.47. The summed E-state index contributed by atoms with van der Waals surface area (Å²) in [7, 11) is 0. The summed E-state index contributed by atoms with van der Waals surface area (Å²) in [4.78, 5) is 11.7. The van der Waals surface area contributed by atoms with Crippen LogP contribution in [-0.2, 0) is 11.3 Å².